The smallest absolute Gasteiger partial charge is 0.367 e. The van der Waals surface area contributed by atoms with Gasteiger partial charge in [-0.2, -0.15) is 13.2 Å². The number of rotatable bonds is 4. The van der Waals surface area contributed by atoms with Gasteiger partial charge in [-0.3, -0.25) is 4.79 Å². The van der Waals surface area contributed by atoms with Crippen LogP contribution < -0.4 is 10.0 Å². The summed E-state index contributed by atoms with van der Waals surface area (Å²) in [6.07, 6.45) is -3.77. The first-order valence-corrected chi connectivity index (χ1v) is 12.9. The number of alkyl halides is 3. The number of halogens is 3. The number of sulfonamides is 1. The number of anilines is 1. The second-order valence-electron chi connectivity index (χ2n) is 9.04. The lowest BCUT2D eigenvalue weighted by Crippen LogP contribution is -2.52. The van der Waals surface area contributed by atoms with Crippen LogP contribution in [0.4, 0.5) is 18.9 Å². The van der Waals surface area contributed by atoms with Crippen LogP contribution in [0.5, 0.6) is 0 Å². The Hall–Kier alpha value is -2.59. The van der Waals surface area contributed by atoms with Gasteiger partial charge in [-0.25, -0.2) is 13.6 Å². The Morgan fingerprint density at radius 1 is 0.941 bits per heavy atom. The molecular formula is C24H28F3N3O3S. The molecule has 1 heterocycles. The normalized spacial score (nSPS) is 24.2. The number of nitrogens with two attached hydrogens (primary N) is 1. The maximum Gasteiger partial charge on any atom is 0.391 e. The van der Waals surface area contributed by atoms with Crippen LogP contribution >= 0.6 is 0 Å². The second kappa shape index (κ2) is 9.58. The Balaban J connectivity index is 1.55. The van der Waals surface area contributed by atoms with E-state index in [4.69, 9.17) is 5.14 Å². The number of carbonyl (C=O) groups excluding carboxylic acids is 1. The van der Waals surface area contributed by atoms with Crippen molar-refractivity contribution < 1.29 is 26.4 Å². The molecule has 1 saturated carbocycles. The van der Waals surface area contributed by atoms with E-state index in [0.29, 0.717) is 25.3 Å². The Morgan fingerprint density at radius 3 is 2.24 bits per heavy atom. The maximum atomic E-state index is 13.5. The van der Waals surface area contributed by atoms with Crippen molar-refractivity contribution in [2.45, 2.75) is 42.8 Å². The SMILES string of the molecule is NS(=O)(=O)c1cccc(N2CCN(C(=O)C3CCC(C(F)(F)F)CC3)[C@H](c3ccccc3)C2)c1. The number of piperazine rings is 1. The highest BCUT2D eigenvalue weighted by Gasteiger charge is 2.44. The molecule has 10 heteroatoms. The molecule has 2 aliphatic rings. The molecule has 0 radical (unpaired) electrons. The number of hydrogen-bond donors (Lipinski definition) is 1. The molecule has 0 bridgehead atoms. The quantitative estimate of drug-likeness (QED) is 0.693. The molecule has 1 saturated heterocycles. The first-order chi connectivity index (χ1) is 16.0. The molecule has 2 fully saturated rings. The van der Waals surface area contributed by atoms with E-state index in [2.05, 4.69) is 0 Å². The van der Waals surface area contributed by atoms with E-state index >= 15 is 0 Å². The molecular weight excluding hydrogens is 467 g/mol. The molecule has 1 aliphatic heterocycles. The number of carbonyl (C=O) groups is 1. The lowest BCUT2D eigenvalue weighted by Gasteiger charge is -2.44. The molecule has 34 heavy (non-hydrogen) atoms. The summed E-state index contributed by atoms with van der Waals surface area (Å²) in [6.45, 7) is 1.29. The minimum absolute atomic E-state index is 0.0150. The zero-order valence-electron chi connectivity index (χ0n) is 18.6. The van der Waals surface area contributed by atoms with Gasteiger partial charge in [0.05, 0.1) is 16.9 Å². The summed E-state index contributed by atoms with van der Waals surface area (Å²) in [5.74, 6) is -1.85. The molecule has 1 aliphatic carbocycles. The fourth-order valence-electron chi connectivity index (χ4n) is 5.00. The summed E-state index contributed by atoms with van der Waals surface area (Å²) in [6, 6.07) is 15.6. The fourth-order valence-corrected chi connectivity index (χ4v) is 5.55. The third kappa shape index (κ3) is 5.38. The molecule has 1 amide bonds. The molecule has 0 unspecified atom stereocenters. The van der Waals surface area contributed by atoms with E-state index in [9.17, 15) is 26.4 Å². The molecule has 6 nitrogen and oxygen atoms in total. The van der Waals surface area contributed by atoms with Crippen molar-refractivity contribution in [1.29, 1.82) is 0 Å². The molecule has 2 aromatic carbocycles. The standard InChI is InChI=1S/C24H28F3N3O3S/c25-24(26,27)19-11-9-18(10-12-19)23(31)30-14-13-29(16-22(30)17-5-2-1-3-6-17)20-7-4-8-21(15-20)34(28,32)33/h1-8,15,18-19,22H,9-14,16H2,(H2,28,32,33)/t18?,19?,22-/m0/s1. The summed E-state index contributed by atoms with van der Waals surface area (Å²) < 4.78 is 62.8. The lowest BCUT2D eigenvalue weighted by atomic mass is 9.80. The van der Waals surface area contributed by atoms with Gasteiger partial charge in [-0.15, -0.1) is 0 Å². The van der Waals surface area contributed by atoms with Crippen LogP contribution in [0, 0.1) is 11.8 Å². The highest BCUT2D eigenvalue weighted by atomic mass is 32.2. The van der Waals surface area contributed by atoms with Gasteiger partial charge < -0.3 is 9.80 Å². The van der Waals surface area contributed by atoms with Crippen LogP contribution in [0.15, 0.2) is 59.5 Å². The van der Waals surface area contributed by atoms with Crippen molar-refractivity contribution in [3.05, 3.63) is 60.2 Å². The summed E-state index contributed by atoms with van der Waals surface area (Å²) in [5, 5.41) is 5.28. The van der Waals surface area contributed by atoms with E-state index < -0.39 is 28.0 Å². The molecule has 4 rings (SSSR count). The van der Waals surface area contributed by atoms with Gasteiger partial charge in [0.2, 0.25) is 15.9 Å². The van der Waals surface area contributed by atoms with Crippen LogP contribution in [0.1, 0.15) is 37.3 Å². The third-order valence-electron chi connectivity index (χ3n) is 6.90. The highest BCUT2D eigenvalue weighted by molar-refractivity contribution is 7.89. The topological polar surface area (TPSA) is 83.7 Å². The average Bonchev–Trinajstić information content (AvgIpc) is 2.83. The maximum absolute atomic E-state index is 13.5. The number of amides is 1. The minimum Gasteiger partial charge on any atom is -0.367 e. The van der Waals surface area contributed by atoms with Crippen molar-refractivity contribution >= 4 is 21.6 Å². The number of nitrogens with zero attached hydrogens (tertiary/aromatic N) is 2. The van der Waals surface area contributed by atoms with E-state index in [1.807, 2.05) is 35.2 Å². The predicted molar refractivity (Wildman–Crippen MR) is 122 cm³/mol. The highest BCUT2D eigenvalue weighted by Crippen LogP contribution is 2.41. The second-order valence-corrected chi connectivity index (χ2v) is 10.6. The molecule has 2 aromatic rings. The van der Waals surface area contributed by atoms with E-state index in [-0.39, 0.29) is 42.5 Å². The summed E-state index contributed by atoms with van der Waals surface area (Å²) in [5.41, 5.74) is 1.61. The number of primary sulfonamides is 1. The Kier molecular flexibility index (Phi) is 6.91. The van der Waals surface area contributed by atoms with E-state index in [0.717, 1.165) is 5.56 Å². The van der Waals surface area contributed by atoms with Gasteiger partial charge in [-0.1, -0.05) is 36.4 Å². The number of hydrogen-bond acceptors (Lipinski definition) is 4. The van der Waals surface area contributed by atoms with E-state index in [1.54, 1.807) is 17.0 Å². The first-order valence-electron chi connectivity index (χ1n) is 11.3. The summed E-state index contributed by atoms with van der Waals surface area (Å²) >= 11 is 0. The summed E-state index contributed by atoms with van der Waals surface area (Å²) in [7, 11) is -3.85. The minimum atomic E-state index is -4.21. The van der Waals surface area contributed by atoms with Crippen LogP contribution in [0.2, 0.25) is 0 Å². The van der Waals surface area contributed by atoms with Crippen molar-refractivity contribution in [1.82, 2.24) is 4.90 Å². The molecule has 0 spiro atoms. The van der Waals surface area contributed by atoms with E-state index in [1.165, 1.54) is 12.1 Å². The predicted octanol–water partition coefficient (Wildman–Crippen LogP) is 4.09. The van der Waals surface area contributed by atoms with Crippen LogP contribution in [0.25, 0.3) is 0 Å². The third-order valence-corrected chi connectivity index (χ3v) is 7.81. The van der Waals surface area contributed by atoms with Crippen molar-refractivity contribution in [3.63, 3.8) is 0 Å². The largest absolute Gasteiger partial charge is 0.391 e. The summed E-state index contributed by atoms with van der Waals surface area (Å²) in [4.78, 5) is 17.3. The molecule has 2 N–H and O–H groups in total. The Morgan fingerprint density at radius 2 is 1.62 bits per heavy atom. The van der Waals surface area contributed by atoms with Gasteiger partial charge in [0.25, 0.3) is 0 Å². The molecule has 1 atom stereocenters. The van der Waals surface area contributed by atoms with Gasteiger partial charge in [0.15, 0.2) is 0 Å². The van der Waals surface area contributed by atoms with Crippen molar-refractivity contribution in [2.24, 2.45) is 17.0 Å². The average molecular weight is 496 g/mol. The fraction of sp³-hybridized carbons (Fsp3) is 0.458. The molecule has 0 aromatic heterocycles. The first kappa shape index (κ1) is 24.5. The van der Waals surface area contributed by atoms with Gasteiger partial charge >= 0.3 is 6.18 Å². The molecule has 184 valence electrons. The van der Waals surface area contributed by atoms with Crippen molar-refractivity contribution in [2.75, 3.05) is 24.5 Å². The van der Waals surface area contributed by atoms with Gasteiger partial charge in [-0.05, 0) is 49.4 Å². The monoisotopic (exact) mass is 495 g/mol. The van der Waals surface area contributed by atoms with Crippen LogP contribution in [-0.4, -0.2) is 45.0 Å². The van der Waals surface area contributed by atoms with Crippen LogP contribution in [0.3, 0.4) is 0 Å². The Bertz CT molecular complexity index is 1120. The van der Waals surface area contributed by atoms with Gasteiger partial charge in [0.1, 0.15) is 0 Å². The lowest BCUT2D eigenvalue weighted by molar-refractivity contribution is -0.185. The van der Waals surface area contributed by atoms with Gasteiger partial charge in [0, 0.05) is 31.2 Å². The zero-order chi connectivity index (χ0) is 24.5. The number of benzene rings is 2. The zero-order valence-corrected chi connectivity index (χ0v) is 19.4. The Labute approximate surface area is 197 Å². The van der Waals surface area contributed by atoms with Crippen molar-refractivity contribution in [3.8, 4) is 0 Å². The van der Waals surface area contributed by atoms with Crippen LogP contribution in [-0.2, 0) is 14.8 Å².